The molecule has 2 atom stereocenters. The van der Waals surface area contributed by atoms with E-state index in [9.17, 15) is 4.79 Å². The topological polar surface area (TPSA) is 61.0 Å². The van der Waals surface area contributed by atoms with E-state index in [2.05, 4.69) is 40.3 Å². The Bertz CT molecular complexity index is 708. The maximum absolute atomic E-state index is 11.9. The molecule has 4 rings (SSSR count). The van der Waals surface area contributed by atoms with E-state index in [0.29, 0.717) is 5.92 Å². The van der Waals surface area contributed by atoms with Crippen molar-refractivity contribution < 1.29 is 4.79 Å². The Morgan fingerprint density at radius 1 is 1.32 bits per heavy atom. The lowest BCUT2D eigenvalue weighted by Crippen LogP contribution is -2.45. The molecule has 2 aliphatic rings. The second-order valence-corrected chi connectivity index (χ2v) is 6.57. The molecule has 0 unspecified atom stereocenters. The number of hydrogen-bond donors (Lipinski definition) is 2. The number of piperidine rings is 1. The number of carbonyl (C=O) groups is 1. The van der Waals surface area contributed by atoms with E-state index in [0.717, 1.165) is 55.8 Å². The van der Waals surface area contributed by atoms with Crippen molar-refractivity contribution in [2.45, 2.75) is 38.1 Å². The fourth-order valence-corrected chi connectivity index (χ4v) is 3.78. The van der Waals surface area contributed by atoms with Crippen LogP contribution in [-0.2, 0) is 4.79 Å². The lowest BCUT2D eigenvalue weighted by Gasteiger charge is -2.34. The number of carbonyl (C=O) groups excluding carboxylic acids is 1. The van der Waals surface area contributed by atoms with Gasteiger partial charge in [-0.15, -0.1) is 0 Å². The van der Waals surface area contributed by atoms with Gasteiger partial charge in [0.1, 0.15) is 5.82 Å². The SMILES string of the molecule is Cc1ccc2nc([C@H]3CCCN([C@@H]4CCNC4=O)C3)[nH]c2c1. The van der Waals surface area contributed by atoms with E-state index < -0.39 is 0 Å². The number of aryl methyl sites for hydroxylation is 1. The number of imidazole rings is 1. The van der Waals surface area contributed by atoms with Crippen LogP contribution < -0.4 is 5.32 Å². The van der Waals surface area contributed by atoms with Crippen molar-refractivity contribution in [3.05, 3.63) is 29.6 Å². The number of rotatable bonds is 2. The molecule has 5 nitrogen and oxygen atoms in total. The summed E-state index contributed by atoms with van der Waals surface area (Å²) in [5.74, 6) is 1.67. The monoisotopic (exact) mass is 298 g/mol. The van der Waals surface area contributed by atoms with Crippen molar-refractivity contribution in [1.82, 2.24) is 20.2 Å². The highest BCUT2D eigenvalue weighted by atomic mass is 16.2. The smallest absolute Gasteiger partial charge is 0.237 e. The van der Waals surface area contributed by atoms with E-state index in [4.69, 9.17) is 4.98 Å². The first kappa shape index (κ1) is 13.8. The van der Waals surface area contributed by atoms with E-state index in [1.54, 1.807) is 0 Å². The van der Waals surface area contributed by atoms with E-state index in [1.807, 2.05) is 0 Å². The van der Waals surface area contributed by atoms with E-state index >= 15 is 0 Å². The van der Waals surface area contributed by atoms with E-state index in [-0.39, 0.29) is 11.9 Å². The molecule has 0 aliphatic carbocycles. The molecular weight excluding hydrogens is 276 g/mol. The van der Waals surface area contributed by atoms with Gasteiger partial charge in [0, 0.05) is 19.0 Å². The third-order valence-corrected chi connectivity index (χ3v) is 4.96. The second kappa shape index (κ2) is 5.39. The highest BCUT2D eigenvalue weighted by Crippen LogP contribution is 2.29. The third-order valence-electron chi connectivity index (χ3n) is 4.96. The zero-order chi connectivity index (χ0) is 15.1. The van der Waals surface area contributed by atoms with Crippen LogP contribution in [0.15, 0.2) is 18.2 Å². The summed E-state index contributed by atoms with van der Waals surface area (Å²) in [6.07, 6.45) is 3.21. The molecule has 1 amide bonds. The van der Waals surface area contributed by atoms with Crippen LogP contribution in [0.2, 0.25) is 0 Å². The minimum absolute atomic E-state index is 0.0643. The number of benzene rings is 1. The molecule has 3 heterocycles. The number of aromatic amines is 1. The lowest BCUT2D eigenvalue weighted by atomic mass is 9.95. The number of fused-ring (bicyclic) bond motifs is 1. The molecule has 2 aromatic rings. The minimum Gasteiger partial charge on any atom is -0.355 e. The van der Waals surface area contributed by atoms with Crippen LogP contribution in [0, 0.1) is 6.92 Å². The van der Waals surface area contributed by atoms with Gasteiger partial charge in [-0.2, -0.15) is 0 Å². The molecule has 116 valence electrons. The zero-order valence-electron chi connectivity index (χ0n) is 12.9. The molecule has 5 heteroatoms. The number of nitrogens with zero attached hydrogens (tertiary/aromatic N) is 2. The summed E-state index contributed by atoms with van der Waals surface area (Å²) >= 11 is 0. The summed E-state index contributed by atoms with van der Waals surface area (Å²) in [6, 6.07) is 6.39. The van der Waals surface area contributed by atoms with Gasteiger partial charge >= 0.3 is 0 Å². The Hall–Kier alpha value is -1.88. The van der Waals surface area contributed by atoms with Gasteiger partial charge in [-0.05, 0) is 50.4 Å². The Balaban J connectivity index is 1.56. The summed E-state index contributed by atoms with van der Waals surface area (Å²) < 4.78 is 0. The number of hydrogen-bond acceptors (Lipinski definition) is 3. The van der Waals surface area contributed by atoms with Gasteiger partial charge in [-0.3, -0.25) is 9.69 Å². The summed E-state index contributed by atoms with van der Waals surface area (Å²) in [5.41, 5.74) is 3.40. The van der Waals surface area contributed by atoms with Crippen LogP contribution in [0.5, 0.6) is 0 Å². The molecule has 2 N–H and O–H groups in total. The molecule has 0 spiro atoms. The molecule has 2 saturated heterocycles. The summed E-state index contributed by atoms with van der Waals surface area (Å²) in [5, 5.41) is 2.95. The minimum atomic E-state index is 0.0643. The van der Waals surface area contributed by atoms with Crippen LogP contribution in [0.3, 0.4) is 0 Å². The average molecular weight is 298 g/mol. The number of likely N-dealkylation sites (tertiary alicyclic amines) is 1. The van der Waals surface area contributed by atoms with Crippen molar-refractivity contribution in [2.24, 2.45) is 0 Å². The zero-order valence-corrected chi connectivity index (χ0v) is 12.9. The van der Waals surface area contributed by atoms with Gasteiger partial charge in [-0.1, -0.05) is 6.07 Å². The Labute approximate surface area is 130 Å². The first-order valence-corrected chi connectivity index (χ1v) is 8.19. The predicted octanol–water partition coefficient (Wildman–Crippen LogP) is 1.94. The molecule has 0 radical (unpaired) electrons. The lowest BCUT2D eigenvalue weighted by molar-refractivity contribution is -0.124. The van der Waals surface area contributed by atoms with Crippen LogP contribution in [-0.4, -0.2) is 46.5 Å². The van der Waals surface area contributed by atoms with Gasteiger partial charge in [0.05, 0.1) is 17.1 Å². The van der Waals surface area contributed by atoms with Crippen LogP contribution >= 0.6 is 0 Å². The van der Waals surface area contributed by atoms with Crippen molar-refractivity contribution in [2.75, 3.05) is 19.6 Å². The fourth-order valence-electron chi connectivity index (χ4n) is 3.78. The Kier molecular flexibility index (Phi) is 3.37. The van der Waals surface area contributed by atoms with Gasteiger partial charge in [-0.25, -0.2) is 4.98 Å². The standard InChI is InChI=1S/C17H22N4O/c1-11-4-5-13-14(9-11)20-16(19-13)12-3-2-8-21(10-12)15-6-7-18-17(15)22/h4-5,9,12,15H,2-3,6-8,10H2,1H3,(H,18,22)(H,19,20)/t12-,15+/m0/s1. The predicted molar refractivity (Wildman–Crippen MR) is 85.8 cm³/mol. The largest absolute Gasteiger partial charge is 0.355 e. The number of amides is 1. The molecular formula is C17H22N4O. The van der Waals surface area contributed by atoms with Crippen LogP contribution in [0.25, 0.3) is 11.0 Å². The molecule has 1 aromatic heterocycles. The molecule has 1 aromatic carbocycles. The first-order chi connectivity index (χ1) is 10.7. The van der Waals surface area contributed by atoms with Crippen molar-refractivity contribution in [1.29, 1.82) is 0 Å². The van der Waals surface area contributed by atoms with Crippen LogP contribution in [0.4, 0.5) is 0 Å². The maximum atomic E-state index is 11.9. The van der Waals surface area contributed by atoms with Crippen molar-refractivity contribution >= 4 is 16.9 Å². The van der Waals surface area contributed by atoms with Gasteiger partial charge in [0.25, 0.3) is 0 Å². The first-order valence-electron chi connectivity index (χ1n) is 8.19. The average Bonchev–Trinajstić information content (AvgIpc) is 3.13. The molecule has 0 saturated carbocycles. The highest BCUT2D eigenvalue weighted by Gasteiger charge is 2.34. The molecule has 22 heavy (non-hydrogen) atoms. The summed E-state index contributed by atoms with van der Waals surface area (Å²) in [4.78, 5) is 22.5. The van der Waals surface area contributed by atoms with Gasteiger partial charge in [0.15, 0.2) is 0 Å². The maximum Gasteiger partial charge on any atom is 0.237 e. The van der Waals surface area contributed by atoms with E-state index in [1.165, 1.54) is 5.56 Å². The number of H-pyrrole nitrogens is 1. The van der Waals surface area contributed by atoms with Gasteiger partial charge < -0.3 is 10.3 Å². The van der Waals surface area contributed by atoms with Crippen molar-refractivity contribution in [3.63, 3.8) is 0 Å². The summed E-state index contributed by atoms with van der Waals surface area (Å²) in [7, 11) is 0. The fraction of sp³-hybridized carbons (Fsp3) is 0.529. The Morgan fingerprint density at radius 3 is 3.05 bits per heavy atom. The molecule has 2 aliphatic heterocycles. The number of nitrogens with one attached hydrogen (secondary N) is 2. The molecule has 2 fully saturated rings. The second-order valence-electron chi connectivity index (χ2n) is 6.57. The normalized spacial score (nSPS) is 26.5. The van der Waals surface area contributed by atoms with Crippen LogP contribution in [0.1, 0.15) is 36.6 Å². The van der Waals surface area contributed by atoms with Crippen molar-refractivity contribution in [3.8, 4) is 0 Å². The number of aromatic nitrogens is 2. The highest BCUT2D eigenvalue weighted by molar-refractivity contribution is 5.83. The Morgan fingerprint density at radius 2 is 2.23 bits per heavy atom. The van der Waals surface area contributed by atoms with Gasteiger partial charge in [0.2, 0.25) is 5.91 Å². The third kappa shape index (κ3) is 2.39. The molecule has 0 bridgehead atoms. The summed E-state index contributed by atoms with van der Waals surface area (Å²) in [6.45, 7) is 4.86. The quantitative estimate of drug-likeness (QED) is 0.890.